The van der Waals surface area contributed by atoms with E-state index in [0.29, 0.717) is 6.54 Å². The van der Waals surface area contributed by atoms with E-state index in [2.05, 4.69) is 4.98 Å². The predicted octanol–water partition coefficient (Wildman–Crippen LogP) is 2.08. The van der Waals surface area contributed by atoms with Crippen molar-refractivity contribution < 1.29 is 8.42 Å². The van der Waals surface area contributed by atoms with Crippen LogP contribution >= 0.6 is 11.3 Å². The molecular weight excluding hydrogens is 294 g/mol. The minimum atomic E-state index is -3.59. The van der Waals surface area contributed by atoms with Crippen molar-refractivity contribution in [1.29, 1.82) is 0 Å². The molecule has 1 aliphatic carbocycles. The first-order valence-corrected chi connectivity index (χ1v) is 8.70. The average Bonchev–Trinajstić information content (AvgIpc) is 3.12. The van der Waals surface area contributed by atoms with Gasteiger partial charge in [0.2, 0.25) is 10.0 Å². The number of rotatable bonds is 5. The molecule has 2 N–H and O–H groups in total. The van der Waals surface area contributed by atoms with Crippen LogP contribution in [0.15, 0.2) is 40.2 Å². The van der Waals surface area contributed by atoms with Crippen LogP contribution in [0.5, 0.6) is 0 Å². The monoisotopic (exact) mass is 309 g/mol. The van der Waals surface area contributed by atoms with Crippen LogP contribution < -0.4 is 5.73 Å². The topological polar surface area (TPSA) is 76.3 Å². The van der Waals surface area contributed by atoms with E-state index in [9.17, 15) is 8.42 Å². The zero-order valence-electron chi connectivity index (χ0n) is 10.8. The summed E-state index contributed by atoms with van der Waals surface area (Å²) in [5.74, 6) is 0. The maximum absolute atomic E-state index is 12.8. The molecule has 0 aromatic carbocycles. The average molecular weight is 309 g/mol. The second-order valence-electron chi connectivity index (χ2n) is 4.83. The molecule has 1 saturated carbocycles. The van der Waals surface area contributed by atoms with Gasteiger partial charge < -0.3 is 5.73 Å². The number of pyridine rings is 1. The molecule has 2 aromatic rings. The van der Waals surface area contributed by atoms with E-state index >= 15 is 0 Å². The number of nitrogen functional groups attached to an aromatic ring is 1. The van der Waals surface area contributed by atoms with Gasteiger partial charge in [0, 0.05) is 25.0 Å². The molecule has 0 spiro atoms. The molecule has 0 atom stereocenters. The van der Waals surface area contributed by atoms with Crippen LogP contribution in [-0.4, -0.2) is 23.7 Å². The first-order valence-electron chi connectivity index (χ1n) is 6.31. The highest BCUT2D eigenvalue weighted by Gasteiger charge is 2.39. The Hall–Kier alpha value is -1.44. The number of sulfonamides is 1. The molecule has 0 aliphatic heterocycles. The van der Waals surface area contributed by atoms with Gasteiger partial charge in [-0.3, -0.25) is 4.98 Å². The van der Waals surface area contributed by atoms with Gasteiger partial charge in [0.25, 0.3) is 0 Å². The minimum Gasteiger partial charge on any atom is -0.398 e. The second-order valence-corrected chi connectivity index (χ2v) is 7.47. The van der Waals surface area contributed by atoms with E-state index in [4.69, 9.17) is 5.73 Å². The van der Waals surface area contributed by atoms with Gasteiger partial charge in [0.15, 0.2) is 0 Å². The fourth-order valence-electron chi connectivity index (χ4n) is 2.07. The summed E-state index contributed by atoms with van der Waals surface area (Å²) in [7, 11) is -3.59. The van der Waals surface area contributed by atoms with Gasteiger partial charge >= 0.3 is 0 Å². The first kappa shape index (κ1) is 13.5. The van der Waals surface area contributed by atoms with E-state index in [1.807, 2.05) is 16.8 Å². The zero-order valence-corrected chi connectivity index (χ0v) is 12.4. The second kappa shape index (κ2) is 5.16. The van der Waals surface area contributed by atoms with Crippen LogP contribution in [0.3, 0.4) is 0 Å². The number of hydrogen-bond donors (Lipinski definition) is 1. The SMILES string of the molecule is Nc1ccncc1S(=O)(=O)N(Cc1ccsc1)C1CC1. The summed E-state index contributed by atoms with van der Waals surface area (Å²) in [6.07, 6.45) is 4.63. The molecule has 2 heterocycles. The molecule has 5 nitrogen and oxygen atoms in total. The molecule has 1 aliphatic rings. The first-order chi connectivity index (χ1) is 9.59. The van der Waals surface area contributed by atoms with Gasteiger partial charge in [0.05, 0.1) is 5.69 Å². The Morgan fingerprint density at radius 2 is 2.20 bits per heavy atom. The lowest BCUT2D eigenvalue weighted by atomic mass is 10.3. The van der Waals surface area contributed by atoms with Crippen LogP contribution in [-0.2, 0) is 16.6 Å². The van der Waals surface area contributed by atoms with Crippen molar-refractivity contribution in [2.75, 3.05) is 5.73 Å². The Bertz CT molecular complexity index is 694. The number of nitrogens with two attached hydrogens (primary N) is 1. The van der Waals surface area contributed by atoms with E-state index in [1.54, 1.807) is 15.6 Å². The van der Waals surface area contributed by atoms with E-state index < -0.39 is 10.0 Å². The van der Waals surface area contributed by atoms with E-state index in [0.717, 1.165) is 18.4 Å². The Labute approximate surface area is 122 Å². The maximum Gasteiger partial charge on any atom is 0.247 e. The molecule has 0 amide bonds. The van der Waals surface area contributed by atoms with Crippen molar-refractivity contribution in [3.05, 3.63) is 40.8 Å². The quantitative estimate of drug-likeness (QED) is 0.917. The molecule has 0 saturated heterocycles. The Kier molecular flexibility index (Phi) is 3.49. The highest BCUT2D eigenvalue weighted by atomic mass is 32.2. The molecule has 106 valence electrons. The summed E-state index contributed by atoms with van der Waals surface area (Å²) in [5, 5.41) is 3.92. The van der Waals surface area contributed by atoms with Crippen LogP contribution in [0, 0.1) is 0 Å². The van der Waals surface area contributed by atoms with Crippen LogP contribution in [0.25, 0.3) is 0 Å². The number of thiophene rings is 1. The summed E-state index contributed by atoms with van der Waals surface area (Å²) in [6, 6.07) is 3.55. The third kappa shape index (κ3) is 2.56. The van der Waals surface area contributed by atoms with Crippen molar-refractivity contribution in [2.45, 2.75) is 30.3 Å². The van der Waals surface area contributed by atoms with Crippen molar-refractivity contribution in [3.8, 4) is 0 Å². The van der Waals surface area contributed by atoms with Gasteiger partial charge in [-0.15, -0.1) is 0 Å². The third-order valence-corrected chi connectivity index (χ3v) is 5.95. The van der Waals surface area contributed by atoms with Gasteiger partial charge in [-0.1, -0.05) is 0 Å². The lowest BCUT2D eigenvalue weighted by Crippen LogP contribution is -2.33. The third-order valence-electron chi connectivity index (χ3n) is 3.28. The van der Waals surface area contributed by atoms with Crippen LogP contribution in [0.2, 0.25) is 0 Å². The molecule has 20 heavy (non-hydrogen) atoms. The highest BCUT2D eigenvalue weighted by molar-refractivity contribution is 7.89. The maximum atomic E-state index is 12.8. The van der Waals surface area contributed by atoms with Gasteiger partial charge in [0.1, 0.15) is 4.90 Å². The van der Waals surface area contributed by atoms with Gasteiger partial charge in [-0.05, 0) is 41.3 Å². The van der Waals surface area contributed by atoms with Gasteiger partial charge in [-0.2, -0.15) is 15.6 Å². The molecule has 3 rings (SSSR count). The van der Waals surface area contributed by atoms with Crippen LogP contribution in [0.1, 0.15) is 18.4 Å². The molecule has 0 radical (unpaired) electrons. The normalized spacial score (nSPS) is 15.7. The molecule has 0 unspecified atom stereocenters. The Morgan fingerprint density at radius 1 is 1.40 bits per heavy atom. The summed E-state index contributed by atoms with van der Waals surface area (Å²) in [6.45, 7) is 0.394. The van der Waals surface area contributed by atoms with Crippen molar-refractivity contribution >= 4 is 27.0 Å². The Balaban J connectivity index is 1.96. The Morgan fingerprint density at radius 3 is 2.80 bits per heavy atom. The minimum absolute atomic E-state index is 0.0829. The van der Waals surface area contributed by atoms with Crippen molar-refractivity contribution in [2.24, 2.45) is 0 Å². The standard InChI is InChI=1S/C13H15N3O2S2/c14-12-3-5-15-7-13(12)20(17,18)16(11-1-2-11)8-10-4-6-19-9-10/h3-7,9,11H,1-2,8H2,(H2,14,15). The number of anilines is 1. The van der Waals surface area contributed by atoms with Gasteiger partial charge in [-0.25, -0.2) is 8.42 Å². The summed E-state index contributed by atoms with van der Waals surface area (Å²) >= 11 is 1.56. The lowest BCUT2D eigenvalue weighted by molar-refractivity contribution is 0.399. The highest BCUT2D eigenvalue weighted by Crippen LogP contribution is 2.34. The molecular formula is C13H15N3O2S2. The molecule has 2 aromatic heterocycles. The molecule has 7 heteroatoms. The van der Waals surface area contributed by atoms with E-state index in [-0.39, 0.29) is 16.6 Å². The van der Waals surface area contributed by atoms with E-state index in [1.165, 1.54) is 18.5 Å². The van der Waals surface area contributed by atoms with Crippen LogP contribution in [0.4, 0.5) is 5.69 Å². The lowest BCUT2D eigenvalue weighted by Gasteiger charge is -2.22. The molecule has 1 fully saturated rings. The zero-order chi connectivity index (χ0) is 14.2. The fraction of sp³-hybridized carbons (Fsp3) is 0.308. The smallest absolute Gasteiger partial charge is 0.247 e. The van der Waals surface area contributed by atoms with Crippen molar-refractivity contribution in [3.63, 3.8) is 0 Å². The summed E-state index contributed by atoms with van der Waals surface area (Å²) in [4.78, 5) is 3.99. The largest absolute Gasteiger partial charge is 0.398 e. The summed E-state index contributed by atoms with van der Waals surface area (Å²) < 4.78 is 27.1. The predicted molar refractivity (Wildman–Crippen MR) is 78.7 cm³/mol. The van der Waals surface area contributed by atoms with Crippen molar-refractivity contribution in [1.82, 2.24) is 9.29 Å². The number of aromatic nitrogens is 1. The number of nitrogens with zero attached hydrogens (tertiary/aromatic N) is 2. The number of hydrogen-bond acceptors (Lipinski definition) is 5. The molecule has 0 bridgehead atoms. The summed E-state index contributed by atoms with van der Waals surface area (Å²) in [5.41, 5.74) is 7.05. The fourth-order valence-corrected chi connectivity index (χ4v) is 4.46.